The molecule has 2 bridgehead atoms. The summed E-state index contributed by atoms with van der Waals surface area (Å²) in [5.41, 5.74) is -4.69. The number of alkyl halides is 1. The van der Waals surface area contributed by atoms with E-state index in [9.17, 15) is 33.8 Å². The number of benzene rings is 1. The second-order valence-electron chi connectivity index (χ2n) is 16.7. The normalized spacial score (nSPS) is 36.4. The fourth-order valence-electron chi connectivity index (χ4n) is 9.24. The number of aliphatic hydroxyl groups excluding tert-OH is 1. The Morgan fingerprint density at radius 2 is 1.80 bits per heavy atom. The van der Waals surface area contributed by atoms with Crippen LogP contribution in [-0.4, -0.2) is 113 Å². The molecule has 2 aliphatic heterocycles. The van der Waals surface area contributed by atoms with E-state index in [0.29, 0.717) is 24.0 Å². The Morgan fingerprint density at radius 3 is 2.38 bits per heavy atom. The summed E-state index contributed by atoms with van der Waals surface area (Å²) in [7, 11) is 0. The molecular formula is C41H52FNO13. The molecule has 56 heavy (non-hydrogen) atoms. The molecule has 1 amide bonds. The third-order valence-corrected chi connectivity index (χ3v) is 11.8. The number of fused-ring (bicyclic) bond motifs is 8. The van der Waals surface area contributed by atoms with Crippen LogP contribution < -0.4 is 5.32 Å². The van der Waals surface area contributed by atoms with Gasteiger partial charge in [-0.2, -0.15) is 0 Å². The van der Waals surface area contributed by atoms with Crippen molar-refractivity contribution < 1.29 is 66.9 Å². The van der Waals surface area contributed by atoms with Gasteiger partial charge in [0.15, 0.2) is 18.0 Å². The highest BCUT2D eigenvalue weighted by Crippen LogP contribution is 2.64. The van der Waals surface area contributed by atoms with Crippen molar-refractivity contribution in [1.82, 2.24) is 5.32 Å². The van der Waals surface area contributed by atoms with E-state index in [2.05, 4.69) is 18.5 Å². The maximum absolute atomic E-state index is 14.9. The number of halogens is 1. The van der Waals surface area contributed by atoms with E-state index in [4.69, 9.17) is 33.2 Å². The summed E-state index contributed by atoms with van der Waals surface area (Å²) < 4.78 is 57.6. The van der Waals surface area contributed by atoms with E-state index in [1.807, 2.05) is 6.92 Å². The molecule has 3 aliphatic carbocycles. The average Bonchev–Trinajstić information content (AvgIpc) is 3.54. The lowest BCUT2D eigenvalue weighted by atomic mass is 9.48. The highest BCUT2D eigenvalue weighted by molar-refractivity contribution is 5.89. The smallest absolute Gasteiger partial charge is 0.408 e. The molecule has 6 rings (SSSR count). The van der Waals surface area contributed by atoms with Crippen LogP contribution >= 0.6 is 0 Å². The van der Waals surface area contributed by atoms with Crippen molar-refractivity contribution in [3.63, 3.8) is 0 Å². The third-order valence-electron chi connectivity index (χ3n) is 11.8. The second-order valence-corrected chi connectivity index (χ2v) is 16.7. The number of aliphatic hydroxyl groups is 2. The van der Waals surface area contributed by atoms with Gasteiger partial charge in [0.05, 0.1) is 30.2 Å². The molecule has 306 valence electrons. The summed E-state index contributed by atoms with van der Waals surface area (Å²) >= 11 is 0. The monoisotopic (exact) mass is 785 g/mol. The number of hydrogen-bond acceptors (Lipinski definition) is 13. The van der Waals surface area contributed by atoms with Crippen LogP contribution in [-0.2, 0) is 42.7 Å². The van der Waals surface area contributed by atoms with Crippen LogP contribution in [0.15, 0.2) is 66.3 Å². The molecule has 0 radical (unpaired) electrons. The fourth-order valence-corrected chi connectivity index (χ4v) is 9.24. The molecule has 2 saturated carbocycles. The van der Waals surface area contributed by atoms with Crippen LogP contribution in [0.2, 0.25) is 0 Å². The van der Waals surface area contributed by atoms with Crippen LogP contribution in [0.5, 0.6) is 0 Å². The van der Waals surface area contributed by atoms with Gasteiger partial charge in [-0.3, -0.25) is 4.79 Å². The van der Waals surface area contributed by atoms with Gasteiger partial charge in [0.25, 0.3) is 0 Å². The number of rotatable bonds is 9. The van der Waals surface area contributed by atoms with Gasteiger partial charge in [-0.15, -0.1) is 0 Å². The molecule has 0 aromatic heterocycles. The average molecular weight is 786 g/mol. The molecule has 1 aromatic carbocycles. The molecule has 0 spiro atoms. The lowest BCUT2D eigenvalue weighted by Gasteiger charge is -2.66. The lowest BCUT2D eigenvalue weighted by Crippen LogP contribution is -2.78. The summed E-state index contributed by atoms with van der Waals surface area (Å²) in [5, 5.41) is 26.6. The number of nitrogens with one attached hydrogen (secondary N) is 1. The predicted molar refractivity (Wildman–Crippen MR) is 195 cm³/mol. The lowest BCUT2D eigenvalue weighted by molar-refractivity contribution is -0.337. The number of hydrogen-bond donors (Lipinski definition) is 3. The SMILES string of the molecule is C=C[C@@H]1O[C@@H]2C3=C(C)[C@@H](OC(=O)[C@H](O)[C@@H](NC(=O)OC(C)(C)C)[C@H](C)F)C[C@](O)(C3=C)[C@@H](OC(=O)c3ccccc3)[C@H]3[C@@](C)(CC[C@H]4OC[C@]43OC(C)=O)[C@@H]2O1. The predicted octanol–water partition coefficient (Wildman–Crippen LogP) is 4.17. The third kappa shape index (κ3) is 7.17. The van der Waals surface area contributed by atoms with Gasteiger partial charge in [0, 0.05) is 18.8 Å². The topological polar surface area (TPSA) is 185 Å². The summed E-state index contributed by atoms with van der Waals surface area (Å²) in [4.78, 5) is 53.3. The molecule has 3 N–H and O–H groups in total. The standard InChI is InChI=1S/C41H52FNO13/c1-10-27-52-31-28-20(2)25(51-36(47)30(45)29(22(4)42)43-37(48)56-38(6,7)8)18-40(49,21(28)3)34(54-35(46)24-14-12-11-13-15-24)32-39(9,33(31)53-27)17-16-26-41(32,19-50-26)55-23(5)44/h10-15,22,25-27,29-34,45,49H,1,3,16-19H2,2,4-9H3,(H,43,48)/t22-,25-,26+,27+,29-,30+,31+,32-,33+,34-,39+,40-,41-/m0/s1. The van der Waals surface area contributed by atoms with Crippen LogP contribution in [0.4, 0.5) is 9.18 Å². The summed E-state index contributed by atoms with van der Waals surface area (Å²) in [6, 6.07) is 6.36. The van der Waals surface area contributed by atoms with E-state index < -0.39 is 114 Å². The van der Waals surface area contributed by atoms with E-state index >= 15 is 0 Å². The maximum atomic E-state index is 14.9. The van der Waals surface area contributed by atoms with Crippen molar-refractivity contribution in [2.75, 3.05) is 6.61 Å². The van der Waals surface area contributed by atoms with E-state index in [1.165, 1.54) is 13.0 Å². The van der Waals surface area contributed by atoms with Gasteiger partial charge in [-0.05, 0) is 82.4 Å². The molecule has 2 saturated heterocycles. The van der Waals surface area contributed by atoms with Crippen LogP contribution in [0.25, 0.3) is 0 Å². The second kappa shape index (κ2) is 15.0. The summed E-state index contributed by atoms with van der Waals surface area (Å²) in [5.74, 6) is -3.75. The van der Waals surface area contributed by atoms with Crippen LogP contribution in [0, 0.1) is 11.3 Å². The van der Waals surface area contributed by atoms with Crippen molar-refractivity contribution in [2.45, 2.75) is 140 Å². The number of amides is 1. The Hall–Kier alpha value is -4.15. The maximum Gasteiger partial charge on any atom is 0.408 e. The van der Waals surface area contributed by atoms with E-state index in [0.717, 1.165) is 6.92 Å². The zero-order chi connectivity index (χ0) is 41.1. The molecule has 0 unspecified atom stereocenters. The Morgan fingerprint density at radius 1 is 1.12 bits per heavy atom. The first-order valence-corrected chi connectivity index (χ1v) is 18.8. The molecule has 2 heterocycles. The number of esters is 3. The summed E-state index contributed by atoms with van der Waals surface area (Å²) in [6.45, 7) is 18.8. The molecule has 15 heteroatoms. The molecule has 13 atom stereocenters. The minimum absolute atomic E-state index is 0.0810. The van der Waals surface area contributed by atoms with Crippen LogP contribution in [0.3, 0.4) is 0 Å². The van der Waals surface area contributed by atoms with Crippen molar-refractivity contribution in [3.05, 3.63) is 71.8 Å². The zero-order valence-electron chi connectivity index (χ0n) is 32.7. The van der Waals surface area contributed by atoms with E-state index in [-0.39, 0.29) is 17.7 Å². The minimum Gasteiger partial charge on any atom is -0.456 e. The molecule has 5 aliphatic rings. The number of ether oxygens (including phenoxy) is 7. The quantitative estimate of drug-likeness (QED) is 0.184. The Bertz CT molecular complexity index is 1790. The Balaban J connectivity index is 1.48. The van der Waals surface area contributed by atoms with Crippen molar-refractivity contribution in [3.8, 4) is 0 Å². The summed E-state index contributed by atoms with van der Waals surface area (Å²) in [6.07, 6.45) is -9.63. The fraction of sp³-hybridized carbons (Fsp3) is 0.610. The van der Waals surface area contributed by atoms with Crippen molar-refractivity contribution in [1.29, 1.82) is 0 Å². The highest BCUT2D eigenvalue weighted by atomic mass is 19.1. The highest BCUT2D eigenvalue weighted by Gasteiger charge is 2.75. The van der Waals surface area contributed by atoms with Crippen molar-refractivity contribution >= 4 is 24.0 Å². The van der Waals surface area contributed by atoms with Gasteiger partial charge in [-0.25, -0.2) is 18.8 Å². The minimum atomic E-state index is -2.24. The van der Waals surface area contributed by atoms with Gasteiger partial charge < -0.3 is 48.7 Å². The van der Waals surface area contributed by atoms with E-state index in [1.54, 1.807) is 58.0 Å². The van der Waals surface area contributed by atoms with Gasteiger partial charge in [0.1, 0.15) is 41.8 Å². The Kier molecular flexibility index (Phi) is 11.1. The molecule has 1 aromatic rings. The molecular weight excluding hydrogens is 733 g/mol. The largest absolute Gasteiger partial charge is 0.456 e. The van der Waals surface area contributed by atoms with Gasteiger partial charge >= 0.3 is 24.0 Å². The van der Waals surface area contributed by atoms with Crippen LogP contribution in [0.1, 0.15) is 78.1 Å². The Labute approximate surface area is 325 Å². The molecule has 14 nitrogen and oxygen atoms in total. The number of carbonyl (C=O) groups is 4. The first kappa shape index (κ1) is 41.5. The first-order chi connectivity index (χ1) is 26.2. The zero-order valence-corrected chi connectivity index (χ0v) is 32.7. The van der Waals surface area contributed by atoms with Gasteiger partial charge in [0.2, 0.25) is 0 Å². The van der Waals surface area contributed by atoms with Crippen molar-refractivity contribution in [2.24, 2.45) is 11.3 Å². The van der Waals surface area contributed by atoms with Gasteiger partial charge in [-0.1, -0.05) is 38.3 Å². The molecule has 4 fully saturated rings. The number of alkyl carbamates (subject to hydrolysis) is 1. The first-order valence-electron chi connectivity index (χ1n) is 18.8. The number of carbonyl (C=O) groups excluding carboxylic acids is 4.